The van der Waals surface area contributed by atoms with E-state index in [1.807, 2.05) is 44.2 Å². The quantitative estimate of drug-likeness (QED) is 0.489. The van der Waals surface area contributed by atoms with Gasteiger partial charge in [-0.3, -0.25) is 4.79 Å². The first-order chi connectivity index (χ1) is 13.1. The minimum Gasteiger partial charge on any atom is -0.357 e. The van der Waals surface area contributed by atoms with Crippen molar-refractivity contribution in [1.82, 2.24) is 10.6 Å². The minimum atomic E-state index is -0.235. The molecule has 2 aromatic rings. The summed E-state index contributed by atoms with van der Waals surface area (Å²) in [5, 5.41) is 9.16. The Balaban J connectivity index is 1.93. The summed E-state index contributed by atoms with van der Waals surface area (Å²) in [6, 6.07) is 14.3. The number of halogens is 1. The highest BCUT2D eigenvalue weighted by atomic mass is 19.1. The number of hydrogen-bond donors (Lipinski definition) is 3. The smallest absolute Gasteiger partial charge is 0.224 e. The fourth-order valence-electron chi connectivity index (χ4n) is 2.48. The van der Waals surface area contributed by atoms with Crippen LogP contribution in [0.25, 0.3) is 0 Å². The summed E-state index contributed by atoms with van der Waals surface area (Å²) in [5.41, 5.74) is 2.40. The van der Waals surface area contributed by atoms with E-state index in [-0.39, 0.29) is 11.7 Å². The Kier molecular flexibility index (Phi) is 8.29. The largest absolute Gasteiger partial charge is 0.357 e. The van der Waals surface area contributed by atoms with Crippen LogP contribution in [-0.4, -0.2) is 18.4 Å². The molecular weight excluding hydrogens is 343 g/mol. The molecule has 1 amide bonds. The van der Waals surface area contributed by atoms with E-state index in [1.165, 1.54) is 6.07 Å². The van der Waals surface area contributed by atoms with Crippen molar-refractivity contribution in [2.24, 2.45) is 4.99 Å². The second-order valence-corrected chi connectivity index (χ2v) is 6.14. The monoisotopic (exact) mass is 370 g/mol. The van der Waals surface area contributed by atoms with E-state index in [4.69, 9.17) is 0 Å². The molecule has 5 nitrogen and oxygen atoms in total. The van der Waals surface area contributed by atoms with Crippen molar-refractivity contribution in [2.75, 3.05) is 11.9 Å². The van der Waals surface area contributed by atoms with Crippen LogP contribution in [-0.2, 0) is 17.9 Å². The van der Waals surface area contributed by atoms with Gasteiger partial charge in [0.05, 0.1) is 6.54 Å². The van der Waals surface area contributed by atoms with Gasteiger partial charge in [-0.15, -0.1) is 0 Å². The first-order valence-corrected chi connectivity index (χ1v) is 9.26. The molecule has 6 heteroatoms. The number of carbonyl (C=O) groups is 1. The standard InChI is InChI=1S/C21H27FN4O/c1-3-7-20(27)26-18-12-10-16(11-13-18)14-24-21(23-4-2)25-15-17-8-5-6-9-19(17)22/h5-6,8-13H,3-4,7,14-15H2,1-2H3,(H,26,27)(H2,23,24,25). The second-order valence-electron chi connectivity index (χ2n) is 6.14. The Morgan fingerprint density at radius 3 is 2.44 bits per heavy atom. The molecule has 0 aliphatic heterocycles. The van der Waals surface area contributed by atoms with Gasteiger partial charge in [0.15, 0.2) is 5.96 Å². The fraction of sp³-hybridized carbons (Fsp3) is 0.333. The molecule has 0 unspecified atom stereocenters. The van der Waals surface area contributed by atoms with E-state index in [2.05, 4.69) is 20.9 Å². The zero-order valence-corrected chi connectivity index (χ0v) is 15.9. The maximum atomic E-state index is 13.7. The molecule has 0 bridgehead atoms. The average molecular weight is 370 g/mol. The molecule has 0 heterocycles. The van der Waals surface area contributed by atoms with Crippen LogP contribution in [0.3, 0.4) is 0 Å². The zero-order valence-electron chi connectivity index (χ0n) is 15.9. The van der Waals surface area contributed by atoms with Crippen molar-refractivity contribution in [3.63, 3.8) is 0 Å². The summed E-state index contributed by atoms with van der Waals surface area (Å²) >= 11 is 0. The summed E-state index contributed by atoms with van der Waals surface area (Å²) < 4.78 is 13.7. The van der Waals surface area contributed by atoms with Gasteiger partial charge in [0, 0.05) is 30.8 Å². The molecule has 0 saturated heterocycles. The molecule has 0 radical (unpaired) electrons. The van der Waals surface area contributed by atoms with Crippen molar-refractivity contribution in [3.05, 3.63) is 65.5 Å². The molecule has 0 spiro atoms. The molecule has 0 aliphatic carbocycles. The lowest BCUT2D eigenvalue weighted by molar-refractivity contribution is -0.116. The molecule has 27 heavy (non-hydrogen) atoms. The maximum absolute atomic E-state index is 13.7. The molecule has 2 rings (SSSR count). The first kappa shape index (κ1) is 20.4. The number of guanidine groups is 1. The van der Waals surface area contributed by atoms with E-state index < -0.39 is 0 Å². The van der Waals surface area contributed by atoms with Crippen LogP contribution in [0.4, 0.5) is 10.1 Å². The van der Waals surface area contributed by atoms with Crippen LogP contribution < -0.4 is 16.0 Å². The Hall–Kier alpha value is -2.89. The number of aliphatic imine (C=N–C) groups is 1. The van der Waals surface area contributed by atoms with Crippen molar-refractivity contribution in [3.8, 4) is 0 Å². The number of hydrogen-bond acceptors (Lipinski definition) is 2. The first-order valence-electron chi connectivity index (χ1n) is 9.26. The van der Waals surface area contributed by atoms with Crippen LogP contribution >= 0.6 is 0 Å². The summed E-state index contributed by atoms with van der Waals surface area (Å²) in [6.45, 7) is 5.51. The third kappa shape index (κ3) is 7.09. The van der Waals surface area contributed by atoms with Crippen molar-refractivity contribution >= 4 is 17.6 Å². The topological polar surface area (TPSA) is 65.5 Å². The molecule has 0 saturated carbocycles. The van der Waals surface area contributed by atoms with Gasteiger partial charge in [-0.05, 0) is 37.1 Å². The third-order valence-electron chi connectivity index (χ3n) is 3.88. The molecular formula is C21H27FN4O. The van der Waals surface area contributed by atoms with Crippen molar-refractivity contribution < 1.29 is 9.18 Å². The number of rotatable bonds is 8. The Labute approximate surface area is 160 Å². The molecule has 0 aromatic heterocycles. The van der Waals surface area contributed by atoms with Gasteiger partial charge < -0.3 is 16.0 Å². The second kappa shape index (κ2) is 11.0. The number of anilines is 1. The highest BCUT2D eigenvalue weighted by Gasteiger charge is 2.03. The third-order valence-corrected chi connectivity index (χ3v) is 3.88. The van der Waals surface area contributed by atoms with Crippen LogP contribution in [0.1, 0.15) is 37.8 Å². The van der Waals surface area contributed by atoms with Gasteiger partial charge >= 0.3 is 0 Å². The van der Waals surface area contributed by atoms with Crippen LogP contribution in [0, 0.1) is 5.82 Å². The SMILES string of the molecule is CCCC(=O)Nc1ccc(CN=C(NCC)NCc2ccccc2F)cc1. The number of nitrogens with one attached hydrogen (secondary N) is 3. The lowest BCUT2D eigenvalue weighted by Crippen LogP contribution is -2.37. The van der Waals surface area contributed by atoms with Gasteiger partial charge in [-0.25, -0.2) is 9.38 Å². The summed E-state index contributed by atoms with van der Waals surface area (Å²) in [4.78, 5) is 16.2. The van der Waals surface area contributed by atoms with Crippen LogP contribution in [0.5, 0.6) is 0 Å². The summed E-state index contributed by atoms with van der Waals surface area (Å²) in [5.74, 6) is 0.415. The van der Waals surface area contributed by atoms with Crippen LogP contribution in [0.15, 0.2) is 53.5 Å². The predicted molar refractivity (Wildman–Crippen MR) is 108 cm³/mol. The van der Waals surface area contributed by atoms with Gasteiger partial charge in [0.25, 0.3) is 0 Å². The zero-order chi connectivity index (χ0) is 19.5. The lowest BCUT2D eigenvalue weighted by Gasteiger charge is -2.12. The Bertz CT molecular complexity index is 759. The van der Waals surface area contributed by atoms with Crippen molar-refractivity contribution in [2.45, 2.75) is 39.8 Å². The van der Waals surface area contributed by atoms with Gasteiger partial charge in [-0.2, -0.15) is 0 Å². The molecule has 2 aromatic carbocycles. The molecule has 0 atom stereocenters. The van der Waals surface area contributed by atoms with Crippen LogP contribution in [0.2, 0.25) is 0 Å². The predicted octanol–water partition coefficient (Wildman–Crippen LogP) is 3.82. The fourth-order valence-corrected chi connectivity index (χ4v) is 2.48. The molecule has 144 valence electrons. The normalized spacial score (nSPS) is 11.1. The van der Waals surface area contributed by atoms with E-state index >= 15 is 0 Å². The number of benzene rings is 2. The van der Waals surface area contributed by atoms with Gasteiger partial charge in [0.2, 0.25) is 5.91 Å². The number of amides is 1. The average Bonchev–Trinajstić information content (AvgIpc) is 2.66. The van der Waals surface area contributed by atoms with Gasteiger partial charge in [-0.1, -0.05) is 37.3 Å². The number of carbonyl (C=O) groups excluding carboxylic acids is 1. The highest BCUT2D eigenvalue weighted by Crippen LogP contribution is 2.11. The molecule has 3 N–H and O–H groups in total. The number of nitrogens with zero attached hydrogens (tertiary/aromatic N) is 1. The van der Waals surface area contributed by atoms with E-state index in [9.17, 15) is 9.18 Å². The molecule has 0 aliphatic rings. The highest BCUT2D eigenvalue weighted by molar-refractivity contribution is 5.90. The van der Waals surface area contributed by atoms with E-state index in [1.54, 1.807) is 12.1 Å². The van der Waals surface area contributed by atoms with E-state index in [0.717, 1.165) is 17.7 Å². The lowest BCUT2D eigenvalue weighted by atomic mass is 10.2. The minimum absolute atomic E-state index is 0.0232. The molecule has 0 fully saturated rings. The Morgan fingerprint density at radius 1 is 1.04 bits per heavy atom. The van der Waals surface area contributed by atoms with Crippen molar-refractivity contribution in [1.29, 1.82) is 0 Å². The van der Waals surface area contributed by atoms with Gasteiger partial charge in [0.1, 0.15) is 5.82 Å². The summed E-state index contributed by atoms with van der Waals surface area (Å²) in [7, 11) is 0. The maximum Gasteiger partial charge on any atom is 0.224 e. The summed E-state index contributed by atoms with van der Waals surface area (Å²) in [6.07, 6.45) is 1.34. The Morgan fingerprint density at radius 2 is 1.78 bits per heavy atom. The van der Waals surface area contributed by atoms with E-state index in [0.29, 0.717) is 37.6 Å².